The number of hydrogen-bond acceptors (Lipinski definition) is 4. The molecular formula is C28H40O4. The van der Waals surface area contributed by atoms with E-state index in [1.807, 2.05) is 24.3 Å². The number of ether oxygens (including phenoxy) is 2. The van der Waals surface area contributed by atoms with Crippen LogP contribution in [-0.4, -0.2) is 25.2 Å². The van der Waals surface area contributed by atoms with Gasteiger partial charge in [0.25, 0.3) is 0 Å². The Kier molecular flexibility index (Phi) is 11.3. The zero-order valence-electron chi connectivity index (χ0n) is 20.3. The third-order valence-corrected chi connectivity index (χ3v) is 6.33. The highest BCUT2D eigenvalue weighted by atomic mass is 16.5. The Bertz CT molecular complexity index is 791. The van der Waals surface area contributed by atoms with E-state index in [1.54, 1.807) is 12.1 Å². The molecule has 0 aliphatic rings. The predicted molar refractivity (Wildman–Crippen MR) is 131 cm³/mol. The molecule has 0 aliphatic carbocycles. The number of carbonyl (C=O) groups excluding carboxylic acids is 2. The van der Waals surface area contributed by atoms with Crippen LogP contribution in [0, 0.1) is 11.8 Å². The fourth-order valence-corrected chi connectivity index (χ4v) is 4.02. The summed E-state index contributed by atoms with van der Waals surface area (Å²) in [7, 11) is 0. The van der Waals surface area contributed by atoms with E-state index in [0.29, 0.717) is 41.6 Å². The molecule has 0 aromatic heterocycles. The van der Waals surface area contributed by atoms with Crippen molar-refractivity contribution in [2.45, 2.75) is 79.1 Å². The van der Waals surface area contributed by atoms with Crippen LogP contribution in [0.1, 0.15) is 99.8 Å². The third-order valence-electron chi connectivity index (χ3n) is 6.33. The third kappa shape index (κ3) is 7.36. The molecule has 0 heterocycles. The quantitative estimate of drug-likeness (QED) is 0.284. The number of unbranched alkanes of at least 4 members (excludes halogenated alkanes) is 2. The van der Waals surface area contributed by atoms with Crippen molar-refractivity contribution in [2.75, 3.05) is 13.2 Å². The van der Waals surface area contributed by atoms with E-state index in [9.17, 15) is 9.59 Å². The lowest BCUT2D eigenvalue weighted by Crippen LogP contribution is -2.16. The van der Waals surface area contributed by atoms with E-state index >= 15 is 0 Å². The summed E-state index contributed by atoms with van der Waals surface area (Å²) in [4.78, 5) is 26.0. The molecule has 2 rings (SSSR count). The van der Waals surface area contributed by atoms with Crippen LogP contribution in [0.25, 0.3) is 10.8 Å². The van der Waals surface area contributed by atoms with Gasteiger partial charge in [0.05, 0.1) is 24.3 Å². The number of carbonyl (C=O) groups is 2. The van der Waals surface area contributed by atoms with E-state index in [1.165, 1.54) is 0 Å². The second-order valence-electron chi connectivity index (χ2n) is 8.74. The first-order chi connectivity index (χ1) is 15.5. The van der Waals surface area contributed by atoms with Gasteiger partial charge in [-0.05, 0) is 42.2 Å². The minimum Gasteiger partial charge on any atom is -0.462 e. The van der Waals surface area contributed by atoms with Crippen LogP contribution >= 0.6 is 0 Å². The van der Waals surface area contributed by atoms with Gasteiger partial charge in [0.15, 0.2) is 0 Å². The summed E-state index contributed by atoms with van der Waals surface area (Å²) < 4.78 is 11.4. The van der Waals surface area contributed by atoms with Gasteiger partial charge in [-0.25, -0.2) is 9.59 Å². The molecule has 4 nitrogen and oxygen atoms in total. The van der Waals surface area contributed by atoms with Crippen LogP contribution in [0.5, 0.6) is 0 Å². The second kappa shape index (κ2) is 13.9. The van der Waals surface area contributed by atoms with Crippen LogP contribution in [0.3, 0.4) is 0 Å². The van der Waals surface area contributed by atoms with E-state index in [2.05, 4.69) is 27.7 Å². The van der Waals surface area contributed by atoms with Gasteiger partial charge in [0.1, 0.15) is 0 Å². The first-order valence-corrected chi connectivity index (χ1v) is 12.4. The summed E-state index contributed by atoms with van der Waals surface area (Å²) in [6.07, 6.45) is 8.63. The summed E-state index contributed by atoms with van der Waals surface area (Å²) in [6.45, 7) is 9.42. The minimum absolute atomic E-state index is 0.368. The van der Waals surface area contributed by atoms with Crippen molar-refractivity contribution in [2.24, 2.45) is 11.8 Å². The van der Waals surface area contributed by atoms with Crippen LogP contribution in [0.15, 0.2) is 36.4 Å². The molecule has 2 aromatic rings. The molecule has 32 heavy (non-hydrogen) atoms. The molecule has 0 spiro atoms. The smallest absolute Gasteiger partial charge is 0.338 e. The largest absolute Gasteiger partial charge is 0.462 e. The number of benzene rings is 2. The fraction of sp³-hybridized carbons (Fsp3) is 0.571. The molecule has 0 radical (unpaired) electrons. The average molecular weight is 441 g/mol. The highest BCUT2D eigenvalue weighted by Gasteiger charge is 2.20. The maximum Gasteiger partial charge on any atom is 0.338 e. The molecule has 176 valence electrons. The molecule has 2 aromatic carbocycles. The monoisotopic (exact) mass is 440 g/mol. The van der Waals surface area contributed by atoms with Crippen molar-refractivity contribution in [3.63, 3.8) is 0 Å². The van der Waals surface area contributed by atoms with Crippen LogP contribution in [0.4, 0.5) is 0 Å². The van der Waals surface area contributed by atoms with Crippen molar-refractivity contribution in [1.29, 1.82) is 0 Å². The molecule has 0 saturated heterocycles. The van der Waals surface area contributed by atoms with Crippen LogP contribution < -0.4 is 0 Å². The lowest BCUT2D eigenvalue weighted by atomic mass is 9.98. The summed E-state index contributed by atoms with van der Waals surface area (Å²) in [5.41, 5.74) is 0.858. The van der Waals surface area contributed by atoms with E-state index < -0.39 is 0 Å². The molecule has 0 N–H and O–H groups in total. The van der Waals surface area contributed by atoms with Gasteiger partial charge in [0, 0.05) is 5.39 Å². The summed E-state index contributed by atoms with van der Waals surface area (Å²) in [5, 5.41) is 1.46. The summed E-state index contributed by atoms with van der Waals surface area (Å²) in [5.74, 6) is -0.0137. The maximum atomic E-state index is 13.0. The van der Waals surface area contributed by atoms with Crippen LogP contribution in [-0.2, 0) is 9.47 Å². The molecule has 0 saturated carbocycles. The fourth-order valence-electron chi connectivity index (χ4n) is 4.02. The molecule has 0 amide bonds. The Hall–Kier alpha value is -2.36. The number of esters is 2. The lowest BCUT2D eigenvalue weighted by molar-refractivity contribution is 0.0429. The number of hydrogen-bond donors (Lipinski definition) is 0. The van der Waals surface area contributed by atoms with Gasteiger partial charge in [-0.2, -0.15) is 0 Å². The van der Waals surface area contributed by atoms with Gasteiger partial charge < -0.3 is 9.47 Å². The number of fused-ring (bicyclic) bond motifs is 1. The van der Waals surface area contributed by atoms with Gasteiger partial charge in [-0.3, -0.25) is 0 Å². The SMILES string of the molecule is CCCCC(CC)COC(=O)c1cccc2cccc(C(=O)OCC(CC)CCCC)c12. The Balaban J connectivity index is 2.20. The zero-order chi connectivity index (χ0) is 23.3. The van der Waals surface area contributed by atoms with E-state index in [4.69, 9.17) is 9.47 Å². The van der Waals surface area contributed by atoms with Gasteiger partial charge >= 0.3 is 11.9 Å². The van der Waals surface area contributed by atoms with Crippen molar-refractivity contribution >= 4 is 22.7 Å². The molecule has 2 unspecified atom stereocenters. The molecule has 2 atom stereocenters. The molecule has 0 bridgehead atoms. The van der Waals surface area contributed by atoms with Gasteiger partial charge in [-0.15, -0.1) is 0 Å². The van der Waals surface area contributed by atoms with Crippen molar-refractivity contribution < 1.29 is 19.1 Å². The van der Waals surface area contributed by atoms with Crippen molar-refractivity contribution in [3.8, 4) is 0 Å². The molecule has 4 heteroatoms. The summed E-state index contributed by atoms with van der Waals surface area (Å²) in [6, 6.07) is 11.0. The van der Waals surface area contributed by atoms with E-state index in [-0.39, 0.29) is 11.9 Å². The minimum atomic E-state index is -0.375. The Morgan fingerprint density at radius 2 is 1.16 bits per heavy atom. The molecule has 0 fully saturated rings. The highest BCUT2D eigenvalue weighted by Crippen LogP contribution is 2.26. The van der Waals surface area contributed by atoms with Crippen LogP contribution in [0.2, 0.25) is 0 Å². The predicted octanol–water partition coefficient (Wildman–Crippen LogP) is 7.59. The maximum absolute atomic E-state index is 13.0. The van der Waals surface area contributed by atoms with Gasteiger partial charge in [0.2, 0.25) is 0 Å². The second-order valence-corrected chi connectivity index (χ2v) is 8.74. The van der Waals surface area contributed by atoms with Gasteiger partial charge in [-0.1, -0.05) is 90.5 Å². The average Bonchev–Trinajstić information content (AvgIpc) is 2.83. The highest BCUT2D eigenvalue weighted by molar-refractivity contribution is 6.13. The Morgan fingerprint density at radius 1 is 0.719 bits per heavy atom. The molecule has 0 aliphatic heterocycles. The first kappa shape index (κ1) is 25.9. The summed E-state index contributed by atoms with van der Waals surface area (Å²) >= 11 is 0. The van der Waals surface area contributed by atoms with Crippen molar-refractivity contribution in [1.82, 2.24) is 0 Å². The topological polar surface area (TPSA) is 52.6 Å². The number of rotatable bonds is 14. The Labute approximate surface area is 193 Å². The Morgan fingerprint density at radius 3 is 1.53 bits per heavy atom. The standard InChI is InChI=1S/C28H40O4/c1-5-9-13-21(7-3)19-31-27(29)24-17-11-15-23-16-12-18-25(26(23)24)28(30)32-20-22(8-4)14-10-6-2/h11-12,15-18,21-22H,5-10,13-14,19-20H2,1-4H3. The van der Waals surface area contributed by atoms with Crippen molar-refractivity contribution in [3.05, 3.63) is 47.5 Å². The van der Waals surface area contributed by atoms with E-state index in [0.717, 1.165) is 56.8 Å². The zero-order valence-corrected chi connectivity index (χ0v) is 20.3. The first-order valence-electron chi connectivity index (χ1n) is 12.4. The normalized spacial score (nSPS) is 13.0. The molecular weight excluding hydrogens is 400 g/mol. The lowest BCUT2D eigenvalue weighted by Gasteiger charge is -2.17.